The van der Waals surface area contributed by atoms with Crippen molar-refractivity contribution in [3.8, 4) is 5.69 Å². The zero-order valence-corrected chi connectivity index (χ0v) is 11.6. The van der Waals surface area contributed by atoms with Crippen LogP contribution < -0.4 is 5.73 Å². The van der Waals surface area contributed by atoms with Crippen molar-refractivity contribution in [2.45, 2.75) is 20.8 Å². The molecule has 0 saturated heterocycles. The summed E-state index contributed by atoms with van der Waals surface area (Å²) in [6, 6.07) is 4.77. The monoisotopic (exact) mass is 277 g/mol. The first-order valence-electron chi connectivity index (χ1n) is 6.24. The van der Waals surface area contributed by atoms with E-state index in [0.29, 0.717) is 5.82 Å². The Morgan fingerprint density at radius 3 is 2.75 bits per heavy atom. The van der Waals surface area contributed by atoms with Crippen molar-refractivity contribution >= 4 is 11.8 Å². The van der Waals surface area contributed by atoms with E-state index in [1.807, 2.05) is 0 Å². The third-order valence-electron chi connectivity index (χ3n) is 2.89. The molecule has 0 fully saturated rings. The SMILES string of the molecule is CCOC(=O)c1nc(C)n(-c2ccc(C)cc2F)c1N. The largest absolute Gasteiger partial charge is 0.461 e. The number of carbonyl (C=O) groups is 1. The summed E-state index contributed by atoms with van der Waals surface area (Å²) in [4.78, 5) is 15.8. The number of aromatic nitrogens is 2. The van der Waals surface area contributed by atoms with Crippen LogP contribution in [-0.2, 0) is 4.74 Å². The number of hydrogen-bond donors (Lipinski definition) is 1. The number of nitrogens with two attached hydrogens (primary N) is 1. The second-order valence-corrected chi connectivity index (χ2v) is 4.40. The Labute approximate surface area is 116 Å². The Hall–Kier alpha value is -2.37. The molecule has 5 nitrogen and oxygen atoms in total. The number of carbonyl (C=O) groups excluding carboxylic acids is 1. The molecule has 2 aromatic rings. The van der Waals surface area contributed by atoms with E-state index in [-0.39, 0.29) is 23.8 Å². The summed E-state index contributed by atoms with van der Waals surface area (Å²) in [6.45, 7) is 5.36. The smallest absolute Gasteiger partial charge is 0.360 e. The van der Waals surface area contributed by atoms with Gasteiger partial charge in [-0.3, -0.25) is 4.57 Å². The number of benzene rings is 1. The second kappa shape index (κ2) is 5.32. The number of imidazole rings is 1. The van der Waals surface area contributed by atoms with Crippen LogP contribution in [0.1, 0.15) is 28.8 Å². The Balaban J connectivity index is 2.55. The highest BCUT2D eigenvalue weighted by Gasteiger charge is 2.21. The average Bonchev–Trinajstić information content (AvgIpc) is 2.66. The molecule has 106 valence electrons. The normalized spacial score (nSPS) is 10.6. The van der Waals surface area contributed by atoms with Crippen molar-refractivity contribution in [2.24, 2.45) is 0 Å². The number of rotatable bonds is 3. The first-order chi connectivity index (χ1) is 9.45. The summed E-state index contributed by atoms with van der Waals surface area (Å²) in [5.74, 6) is -0.538. The van der Waals surface area contributed by atoms with Gasteiger partial charge >= 0.3 is 5.97 Å². The van der Waals surface area contributed by atoms with Gasteiger partial charge in [-0.1, -0.05) is 6.07 Å². The van der Waals surface area contributed by atoms with E-state index < -0.39 is 11.8 Å². The van der Waals surface area contributed by atoms with E-state index in [2.05, 4.69) is 4.98 Å². The topological polar surface area (TPSA) is 70.1 Å². The van der Waals surface area contributed by atoms with Crippen molar-refractivity contribution in [1.82, 2.24) is 9.55 Å². The minimum absolute atomic E-state index is 0.00400. The maximum absolute atomic E-state index is 14.0. The van der Waals surface area contributed by atoms with E-state index in [1.165, 1.54) is 10.6 Å². The summed E-state index contributed by atoms with van der Waals surface area (Å²) in [5.41, 5.74) is 6.97. The van der Waals surface area contributed by atoms with Gasteiger partial charge in [-0.15, -0.1) is 0 Å². The van der Waals surface area contributed by atoms with Crippen LogP contribution in [-0.4, -0.2) is 22.1 Å². The molecule has 0 bridgehead atoms. The zero-order valence-electron chi connectivity index (χ0n) is 11.6. The molecule has 1 aromatic heterocycles. The fourth-order valence-corrected chi connectivity index (χ4v) is 2.00. The molecule has 1 heterocycles. The molecule has 0 aliphatic heterocycles. The van der Waals surface area contributed by atoms with Gasteiger partial charge in [-0.05, 0) is 38.5 Å². The number of esters is 1. The van der Waals surface area contributed by atoms with Gasteiger partial charge in [0, 0.05) is 0 Å². The quantitative estimate of drug-likeness (QED) is 0.874. The first-order valence-corrected chi connectivity index (χ1v) is 6.24. The van der Waals surface area contributed by atoms with Crippen LogP contribution in [0.15, 0.2) is 18.2 Å². The number of ether oxygens (including phenoxy) is 1. The third-order valence-corrected chi connectivity index (χ3v) is 2.89. The predicted molar refractivity (Wildman–Crippen MR) is 73.4 cm³/mol. The summed E-state index contributed by atoms with van der Waals surface area (Å²) < 4.78 is 20.3. The van der Waals surface area contributed by atoms with Crippen LogP contribution in [0.2, 0.25) is 0 Å². The van der Waals surface area contributed by atoms with Gasteiger partial charge in [0.05, 0.1) is 12.3 Å². The number of hydrogen-bond acceptors (Lipinski definition) is 4. The molecular formula is C14H16FN3O2. The molecule has 2 N–H and O–H groups in total. The maximum atomic E-state index is 14.0. The number of anilines is 1. The Kier molecular flexibility index (Phi) is 3.74. The molecule has 1 aromatic carbocycles. The molecule has 0 spiro atoms. The lowest BCUT2D eigenvalue weighted by Gasteiger charge is -2.09. The number of nitrogen functional groups attached to an aromatic ring is 1. The van der Waals surface area contributed by atoms with Crippen molar-refractivity contribution in [2.75, 3.05) is 12.3 Å². The van der Waals surface area contributed by atoms with Gasteiger partial charge in [0.2, 0.25) is 0 Å². The number of halogens is 1. The zero-order chi connectivity index (χ0) is 14.9. The number of nitrogens with zero attached hydrogens (tertiary/aromatic N) is 2. The minimum atomic E-state index is -0.612. The molecule has 0 aliphatic rings. The molecule has 0 radical (unpaired) electrons. The van der Waals surface area contributed by atoms with Gasteiger partial charge < -0.3 is 10.5 Å². The fraction of sp³-hybridized carbons (Fsp3) is 0.286. The van der Waals surface area contributed by atoms with E-state index in [4.69, 9.17) is 10.5 Å². The number of aryl methyl sites for hydroxylation is 2. The second-order valence-electron chi connectivity index (χ2n) is 4.40. The molecule has 2 rings (SSSR count). The summed E-state index contributed by atoms with van der Waals surface area (Å²) in [6.07, 6.45) is 0. The van der Waals surface area contributed by atoms with E-state index >= 15 is 0 Å². The van der Waals surface area contributed by atoms with Gasteiger partial charge in [0.25, 0.3) is 0 Å². The lowest BCUT2D eigenvalue weighted by molar-refractivity contribution is 0.0521. The highest BCUT2D eigenvalue weighted by atomic mass is 19.1. The van der Waals surface area contributed by atoms with Crippen LogP contribution in [0.5, 0.6) is 0 Å². The van der Waals surface area contributed by atoms with Crippen LogP contribution in [0.4, 0.5) is 10.2 Å². The summed E-state index contributed by atoms with van der Waals surface area (Å²) in [5, 5.41) is 0. The molecule has 0 amide bonds. The fourth-order valence-electron chi connectivity index (χ4n) is 2.00. The Morgan fingerprint density at radius 1 is 1.45 bits per heavy atom. The van der Waals surface area contributed by atoms with Gasteiger partial charge in [0.1, 0.15) is 17.5 Å². The molecule has 0 saturated carbocycles. The van der Waals surface area contributed by atoms with Crippen LogP contribution in [0.25, 0.3) is 5.69 Å². The van der Waals surface area contributed by atoms with Crippen LogP contribution in [0.3, 0.4) is 0 Å². The van der Waals surface area contributed by atoms with Gasteiger partial charge in [0.15, 0.2) is 5.69 Å². The maximum Gasteiger partial charge on any atom is 0.360 e. The van der Waals surface area contributed by atoms with Crippen molar-refractivity contribution < 1.29 is 13.9 Å². The van der Waals surface area contributed by atoms with Crippen molar-refractivity contribution in [3.05, 3.63) is 41.1 Å². The first kappa shape index (κ1) is 14.0. The lowest BCUT2D eigenvalue weighted by atomic mass is 10.2. The van der Waals surface area contributed by atoms with Gasteiger partial charge in [-0.2, -0.15) is 0 Å². The van der Waals surface area contributed by atoms with Crippen LogP contribution in [0, 0.1) is 19.7 Å². The van der Waals surface area contributed by atoms with Crippen molar-refractivity contribution in [3.63, 3.8) is 0 Å². The Morgan fingerprint density at radius 2 is 2.15 bits per heavy atom. The van der Waals surface area contributed by atoms with Crippen LogP contribution >= 0.6 is 0 Å². The van der Waals surface area contributed by atoms with E-state index in [1.54, 1.807) is 32.9 Å². The van der Waals surface area contributed by atoms with E-state index in [9.17, 15) is 9.18 Å². The summed E-state index contributed by atoms with van der Waals surface area (Å²) >= 11 is 0. The average molecular weight is 277 g/mol. The predicted octanol–water partition coefficient (Wildman–Crippen LogP) is 2.39. The standard InChI is InChI=1S/C14H16FN3O2/c1-4-20-14(19)12-13(16)18(9(3)17-12)11-6-5-8(2)7-10(11)15/h5-7H,4,16H2,1-3H3. The lowest BCUT2D eigenvalue weighted by Crippen LogP contribution is -2.10. The van der Waals surface area contributed by atoms with Crippen molar-refractivity contribution in [1.29, 1.82) is 0 Å². The highest BCUT2D eigenvalue weighted by molar-refractivity contribution is 5.92. The highest BCUT2D eigenvalue weighted by Crippen LogP contribution is 2.23. The third kappa shape index (κ3) is 2.36. The molecule has 20 heavy (non-hydrogen) atoms. The van der Waals surface area contributed by atoms with Gasteiger partial charge in [-0.25, -0.2) is 14.2 Å². The molecule has 6 heteroatoms. The van der Waals surface area contributed by atoms with E-state index in [0.717, 1.165) is 5.56 Å². The molecule has 0 atom stereocenters. The molecule has 0 aliphatic carbocycles. The Bertz CT molecular complexity index is 665. The summed E-state index contributed by atoms with van der Waals surface area (Å²) in [7, 11) is 0. The molecule has 0 unspecified atom stereocenters. The minimum Gasteiger partial charge on any atom is -0.461 e. The molecular weight excluding hydrogens is 261 g/mol.